The average Bonchev–Trinajstić information content (AvgIpc) is 2.86. The molecule has 1 fully saturated rings. The lowest BCUT2D eigenvalue weighted by atomic mass is 9.99. The fraction of sp³-hybridized carbons (Fsp3) is 0.435. The number of sulfonamides is 2. The van der Waals surface area contributed by atoms with Gasteiger partial charge in [0.25, 0.3) is 0 Å². The van der Waals surface area contributed by atoms with E-state index in [1.165, 1.54) is 49.8 Å². The molecule has 0 aromatic heterocycles. The number of methoxy groups -OCH3 is 1. The number of carbonyl (C=O) groups excluding carboxylic acids is 1. The second kappa shape index (κ2) is 11.4. The normalized spacial score (nSPS) is 17.2. The molecule has 0 saturated carbocycles. The van der Waals surface area contributed by atoms with Crippen LogP contribution in [0.1, 0.15) is 12.8 Å². The summed E-state index contributed by atoms with van der Waals surface area (Å²) in [5.74, 6) is 0.367. The Hall–Kier alpha value is -2.67. The molecule has 3 rings (SSSR count). The van der Waals surface area contributed by atoms with Crippen LogP contribution in [0.3, 0.4) is 0 Å². The van der Waals surface area contributed by atoms with E-state index < -0.39 is 26.0 Å². The maximum absolute atomic E-state index is 13.0. The topological polar surface area (TPSA) is 122 Å². The number of nitrogens with one attached hydrogen (secondary N) is 1. The van der Waals surface area contributed by atoms with Crippen LogP contribution in [0.5, 0.6) is 11.5 Å². The van der Waals surface area contributed by atoms with Crippen LogP contribution in [-0.2, 0) is 24.8 Å². The monoisotopic (exact) mass is 525 g/mol. The third-order valence-corrected chi connectivity index (χ3v) is 9.43. The molecule has 0 bridgehead atoms. The zero-order valence-corrected chi connectivity index (χ0v) is 21.6. The molecule has 1 aliphatic rings. The van der Waals surface area contributed by atoms with Crippen LogP contribution in [0.4, 0.5) is 0 Å². The van der Waals surface area contributed by atoms with Gasteiger partial charge in [0.2, 0.25) is 26.0 Å². The highest BCUT2D eigenvalue weighted by Gasteiger charge is 2.33. The Balaban J connectivity index is 1.49. The van der Waals surface area contributed by atoms with Gasteiger partial charge in [-0.05, 0) is 61.4 Å². The van der Waals surface area contributed by atoms with Crippen LogP contribution in [0.2, 0.25) is 0 Å². The van der Waals surface area contributed by atoms with Crippen molar-refractivity contribution >= 4 is 26.0 Å². The lowest BCUT2D eigenvalue weighted by Crippen LogP contribution is -2.45. The second-order valence-electron chi connectivity index (χ2n) is 8.28. The quantitative estimate of drug-likeness (QED) is 0.467. The van der Waals surface area contributed by atoms with E-state index in [0.29, 0.717) is 30.9 Å². The Kier molecular flexibility index (Phi) is 8.75. The van der Waals surface area contributed by atoms with E-state index in [-0.39, 0.29) is 35.4 Å². The Morgan fingerprint density at radius 2 is 1.60 bits per heavy atom. The summed E-state index contributed by atoms with van der Waals surface area (Å²) < 4.78 is 63.3. The van der Waals surface area contributed by atoms with E-state index in [0.717, 1.165) is 4.31 Å². The van der Waals surface area contributed by atoms with Gasteiger partial charge in [0.05, 0.1) is 29.4 Å². The molecule has 1 N–H and O–H groups in total. The van der Waals surface area contributed by atoms with Gasteiger partial charge in [-0.25, -0.2) is 21.1 Å². The fourth-order valence-corrected chi connectivity index (χ4v) is 6.10. The van der Waals surface area contributed by atoms with Crippen LogP contribution in [-0.4, -0.2) is 78.8 Å². The van der Waals surface area contributed by atoms with Crippen molar-refractivity contribution in [3.63, 3.8) is 0 Å². The highest BCUT2D eigenvalue weighted by molar-refractivity contribution is 7.89. The molecule has 1 amide bonds. The van der Waals surface area contributed by atoms with Crippen LogP contribution >= 0.6 is 0 Å². The van der Waals surface area contributed by atoms with Crippen molar-refractivity contribution in [1.82, 2.24) is 13.9 Å². The third-order valence-electron chi connectivity index (χ3n) is 5.72. The van der Waals surface area contributed by atoms with Crippen LogP contribution < -0.4 is 14.8 Å². The summed E-state index contributed by atoms with van der Waals surface area (Å²) in [6.45, 7) is 0.897. The molecule has 1 aliphatic heterocycles. The summed E-state index contributed by atoms with van der Waals surface area (Å²) in [6.07, 6.45) is 1.19. The molecule has 192 valence electrons. The van der Waals surface area contributed by atoms with Crippen molar-refractivity contribution in [1.29, 1.82) is 0 Å². The summed E-state index contributed by atoms with van der Waals surface area (Å²) in [5, 5.41) is 2.80. The van der Waals surface area contributed by atoms with Gasteiger partial charge in [-0.1, -0.05) is 0 Å². The zero-order chi connectivity index (χ0) is 25.6. The van der Waals surface area contributed by atoms with Crippen molar-refractivity contribution < 1.29 is 31.1 Å². The lowest BCUT2D eigenvalue weighted by Gasteiger charge is -2.31. The minimum absolute atomic E-state index is 0.114. The standard InChI is InChI=1S/C23H31N3O7S2/c1-25(2)34(28,29)21-12-8-20(9-13-21)33-16-14-24-23(27)18-5-4-15-26(17-18)35(30,31)22-10-6-19(32-3)7-11-22/h6-13,18H,4-5,14-17H2,1-3H3,(H,24,27)/t18-/m1/s1. The molecule has 35 heavy (non-hydrogen) atoms. The molecular formula is C23H31N3O7S2. The molecule has 2 aromatic carbocycles. The van der Waals surface area contributed by atoms with Gasteiger partial charge in [-0.3, -0.25) is 4.79 Å². The minimum atomic E-state index is -3.71. The van der Waals surface area contributed by atoms with Crippen LogP contribution in [0, 0.1) is 5.92 Å². The van der Waals surface area contributed by atoms with Crippen molar-refractivity contribution in [2.45, 2.75) is 22.6 Å². The SMILES string of the molecule is COc1ccc(S(=O)(=O)N2CCC[C@@H](C(=O)NCCOc3ccc(S(=O)(=O)N(C)C)cc3)C2)cc1. The van der Waals surface area contributed by atoms with Gasteiger partial charge < -0.3 is 14.8 Å². The molecule has 0 unspecified atom stereocenters. The number of rotatable bonds is 10. The number of benzene rings is 2. The van der Waals surface area contributed by atoms with E-state index in [9.17, 15) is 21.6 Å². The maximum atomic E-state index is 13.0. The number of hydrogen-bond acceptors (Lipinski definition) is 7. The van der Waals surface area contributed by atoms with Gasteiger partial charge in [0, 0.05) is 27.2 Å². The fourth-order valence-electron chi connectivity index (χ4n) is 3.68. The van der Waals surface area contributed by atoms with E-state index >= 15 is 0 Å². The number of hydrogen-bond donors (Lipinski definition) is 1. The zero-order valence-electron chi connectivity index (χ0n) is 20.0. The third kappa shape index (κ3) is 6.51. The summed E-state index contributed by atoms with van der Waals surface area (Å²) in [6, 6.07) is 12.2. The Morgan fingerprint density at radius 3 is 2.20 bits per heavy atom. The summed E-state index contributed by atoms with van der Waals surface area (Å²) >= 11 is 0. The number of carbonyl (C=O) groups is 1. The smallest absolute Gasteiger partial charge is 0.243 e. The first-order chi connectivity index (χ1) is 16.6. The molecule has 1 heterocycles. The van der Waals surface area contributed by atoms with Crippen molar-refractivity contribution in [2.24, 2.45) is 5.92 Å². The van der Waals surface area contributed by atoms with E-state index in [1.54, 1.807) is 24.3 Å². The molecule has 1 saturated heterocycles. The molecular weight excluding hydrogens is 494 g/mol. The summed E-state index contributed by atoms with van der Waals surface area (Å²) in [4.78, 5) is 13.0. The lowest BCUT2D eigenvalue weighted by molar-refractivity contribution is -0.126. The van der Waals surface area contributed by atoms with Crippen molar-refractivity contribution in [2.75, 3.05) is 47.4 Å². The van der Waals surface area contributed by atoms with Crippen LogP contribution in [0.15, 0.2) is 58.3 Å². The minimum Gasteiger partial charge on any atom is -0.497 e. The first kappa shape index (κ1) is 26.9. The van der Waals surface area contributed by atoms with Crippen molar-refractivity contribution in [3.8, 4) is 11.5 Å². The van der Waals surface area contributed by atoms with E-state index in [4.69, 9.17) is 9.47 Å². The first-order valence-corrected chi connectivity index (χ1v) is 14.0. The molecule has 10 nitrogen and oxygen atoms in total. The molecule has 0 spiro atoms. The summed E-state index contributed by atoms with van der Waals surface area (Å²) in [5.41, 5.74) is 0. The summed E-state index contributed by atoms with van der Waals surface area (Å²) in [7, 11) is -2.78. The highest BCUT2D eigenvalue weighted by atomic mass is 32.2. The van der Waals surface area contributed by atoms with Gasteiger partial charge in [0.15, 0.2) is 0 Å². The Labute approximate surface area is 206 Å². The number of ether oxygens (including phenoxy) is 2. The van der Waals surface area contributed by atoms with E-state index in [1.807, 2.05) is 0 Å². The predicted molar refractivity (Wildman–Crippen MR) is 130 cm³/mol. The predicted octanol–water partition coefficient (Wildman–Crippen LogP) is 1.54. The Bertz CT molecular complexity index is 1210. The van der Waals surface area contributed by atoms with E-state index in [2.05, 4.69) is 5.32 Å². The van der Waals surface area contributed by atoms with Gasteiger partial charge in [0.1, 0.15) is 18.1 Å². The largest absolute Gasteiger partial charge is 0.497 e. The maximum Gasteiger partial charge on any atom is 0.243 e. The molecule has 0 aliphatic carbocycles. The molecule has 2 aromatic rings. The number of piperidine rings is 1. The number of nitrogens with zero attached hydrogens (tertiary/aromatic N) is 2. The number of amides is 1. The molecule has 12 heteroatoms. The average molecular weight is 526 g/mol. The van der Waals surface area contributed by atoms with Gasteiger partial charge >= 0.3 is 0 Å². The molecule has 0 radical (unpaired) electrons. The second-order valence-corrected chi connectivity index (χ2v) is 12.4. The van der Waals surface area contributed by atoms with Crippen LogP contribution in [0.25, 0.3) is 0 Å². The van der Waals surface area contributed by atoms with Gasteiger partial charge in [-0.2, -0.15) is 4.31 Å². The first-order valence-electron chi connectivity index (χ1n) is 11.1. The highest BCUT2D eigenvalue weighted by Crippen LogP contribution is 2.25. The molecule has 1 atom stereocenters. The Morgan fingerprint density at radius 1 is 1.00 bits per heavy atom. The van der Waals surface area contributed by atoms with Crippen molar-refractivity contribution in [3.05, 3.63) is 48.5 Å². The van der Waals surface area contributed by atoms with Gasteiger partial charge in [-0.15, -0.1) is 0 Å².